The molecule has 0 amide bonds. The van der Waals surface area contributed by atoms with E-state index in [-0.39, 0.29) is 65.1 Å². The molecule has 1 aliphatic heterocycles. The molecule has 1 aromatic rings. The standard InChI is InChI=1S/C54H80N6O5S2/c1-50(2)22-32(60-17-16-58-28-60)27-67-66-26-31-19-37(35-18-29-10-8-11-33-41(29)42(48(35)64)46(50)34-12-9-15-53(44(33)34)13-6-7-14-53)52(4)21-30(24-59-49(55)56)43-38(54(31,52)65)20-39(61)45-36(25-57-5)47(63)40(62)23-51(43,45)3/h16-17,20,28-32,35-37,40,42-45,47-48,57,62-65H,6-15,18-19,21-27H2,1-5H3,(H4,55,56,59). The molecule has 1 saturated heterocycles. The number of aromatic nitrogens is 2. The van der Waals surface area contributed by atoms with Crippen molar-refractivity contribution in [1.82, 2.24) is 14.9 Å². The Morgan fingerprint density at radius 3 is 2.42 bits per heavy atom. The van der Waals surface area contributed by atoms with Gasteiger partial charge < -0.3 is 41.8 Å². The number of nitrogens with zero attached hydrogens (tertiary/aromatic N) is 3. The van der Waals surface area contributed by atoms with E-state index in [2.05, 4.69) is 48.8 Å². The first-order valence-corrected chi connectivity index (χ1v) is 28.9. The average molecular weight is 957 g/mol. The van der Waals surface area contributed by atoms with E-state index in [0.717, 1.165) is 49.9 Å². The van der Waals surface area contributed by atoms with Gasteiger partial charge in [-0.25, -0.2) is 4.98 Å². The minimum absolute atomic E-state index is 0.0158. The number of carbonyl (C=O) groups is 1. The highest BCUT2D eigenvalue weighted by atomic mass is 33.1. The maximum Gasteiger partial charge on any atom is 0.185 e. The van der Waals surface area contributed by atoms with Crippen molar-refractivity contribution in [2.24, 2.45) is 97.3 Å². The van der Waals surface area contributed by atoms with Gasteiger partial charge in [0.05, 0.1) is 30.2 Å². The van der Waals surface area contributed by atoms with Gasteiger partial charge in [-0.1, -0.05) is 84.4 Å². The number of guanidine groups is 1. The fourth-order valence-electron chi connectivity index (χ4n) is 19.3. The first-order valence-electron chi connectivity index (χ1n) is 26.4. The summed E-state index contributed by atoms with van der Waals surface area (Å²) in [5.74, 6) is 0.658. The molecular weight excluding hydrogens is 877 g/mol. The summed E-state index contributed by atoms with van der Waals surface area (Å²) in [6.45, 7) is 10.2. The van der Waals surface area contributed by atoms with Crippen LogP contribution in [0.3, 0.4) is 0 Å². The Hall–Kier alpha value is -2.13. The normalized spacial score (nSPS) is 46.5. The number of ketones is 1. The molecule has 0 radical (unpaired) electrons. The van der Waals surface area contributed by atoms with Gasteiger partial charge in [0, 0.05) is 78.0 Å². The third-order valence-electron chi connectivity index (χ3n) is 21.4. The highest BCUT2D eigenvalue weighted by Gasteiger charge is 2.74. The van der Waals surface area contributed by atoms with Gasteiger partial charge in [-0.2, -0.15) is 0 Å². The van der Waals surface area contributed by atoms with Crippen molar-refractivity contribution in [1.29, 1.82) is 0 Å². The molecule has 368 valence electrons. The lowest BCUT2D eigenvalue weighted by Gasteiger charge is -2.65. The Morgan fingerprint density at radius 1 is 0.940 bits per heavy atom. The fraction of sp³-hybridized carbons (Fsp3) is 0.796. The van der Waals surface area contributed by atoms with Crippen LogP contribution in [0.2, 0.25) is 0 Å². The van der Waals surface area contributed by atoms with E-state index < -0.39 is 46.6 Å². The molecule has 1 aromatic heterocycles. The molecule has 17 atom stereocenters. The number of allylic oxidation sites excluding steroid dienone is 3. The Labute approximate surface area is 407 Å². The SMILES string of the molecule is CNCC1C(O)C(O)CC2(C)C3C(=CC(=O)C12)C1(O)C2CSSCC(n4ccnc4)CC(C)(C)C4=C5CCCC6(CCCC6)C5C5=C6C(CCC5)CC(C(O)C64)C(C2)C1(C)CC3CN=C(N)N. The average Bonchev–Trinajstić information content (AvgIpc) is 4.04. The van der Waals surface area contributed by atoms with Gasteiger partial charge in [-0.15, -0.1) is 0 Å². The molecule has 1 spiro atoms. The van der Waals surface area contributed by atoms with Crippen molar-refractivity contribution in [3.63, 3.8) is 0 Å². The predicted octanol–water partition coefficient (Wildman–Crippen LogP) is 7.38. The molecule has 13 heteroatoms. The van der Waals surface area contributed by atoms with E-state index in [1.165, 1.54) is 44.9 Å². The zero-order valence-electron chi connectivity index (χ0n) is 40.8. The molecule has 67 heavy (non-hydrogen) atoms. The Balaban J connectivity index is 1.09. The molecule has 17 unspecified atom stereocenters. The highest BCUT2D eigenvalue weighted by Crippen LogP contribution is 2.74. The summed E-state index contributed by atoms with van der Waals surface area (Å²) in [6, 6.07) is 0.191. The van der Waals surface area contributed by atoms with Crippen LogP contribution >= 0.6 is 21.6 Å². The predicted molar refractivity (Wildman–Crippen MR) is 267 cm³/mol. The van der Waals surface area contributed by atoms with E-state index in [1.54, 1.807) is 28.4 Å². The van der Waals surface area contributed by atoms with Crippen molar-refractivity contribution >= 4 is 33.3 Å². The van der Waals surface area contributed by atoms with Crippen LogP contribution in [0, 0.1) is 80.8 Å². The fourth-order valence-corrected chi connectivity index (χ4v) is 22.1. The third-order valence-corrected chi connectivity index (χ3v) is 23.9. The van der Waals surface area contributed by atoms with Gasteiger partial charge in [0.1, 0.15) is 0 Å². The van der Waals surface area contributed by atoms with Crippen LogP contribution in [0.15, 0.2) is 57.7 Å². The zero-order valence-corrected chi connectivity index (χ0v) is 42.5. The summed E-state index contributed by atoms with van der Waals surface area (Å²) in [4.78, 5) is 24.4. The number of hydrogen-bond donors (Lipinski definition) is 7. The van der Waals surface area contributed by atoms with Crippen molar-refractivity contribution in [2.75, 3.05) is 31.6 Å². The van der Waals surface area contributed by atoms with Crippen LogP contribution in [-0.2, 0) is 4.79 Å². The second kappa shape index (κ2) is 17.0. The number of nitrogens with one attached hydrogen (secondary N) is 1. The van der Waals surface area contributed by atoms with Gasteiger partial charge in [0.2, 0.25) is 0 Å². The second-order valence-corrected chi connectivity index (χ2v) is 27.5. The third kappa shape index (κ3) is 6.93. The van der Waals surface area contributed by atoms with Crippen LogP contribution in [0.1, 0.15) is 130 Å². The minimum Gasteiger partial charge on any atom is -0.392 e. The molecule has 9 aliphatic carbocycles. The monoisotopic (exact) mass is 957 g/mol. The Bertz CT molecular complexity index is 2230. The Morgan fingerprint density at radius 2 is 1.69 bits per heavy atom. The van der Waals surface area contributed by atoms with Gasteiger partial charge in [0.15, 0.2) is 11.7 Å². The number of fused-ring (bicyclic) bond motifs is 14. The largest absolute Gasteiger partial charge is 0.392 e. The van der Waals surface area contributed by atoms with Crippen LogP contribution < -0.4 is 16.8 Å². The molecule has 10 aliphatic rings. The van der Waals surface area contributed by atoms with E-state index in [9.17, 15) is 20.4 Å². The lowest BCUT2D eigenvalue weighted by Crippen LogP contribution is -2.67. The van der Waals surface area contributed by atoms with Crippen molar-refractivity contribution < 1.29 is 25.2 Å². The number of aliphatic hydroxyl groups is 4. The minimum atomic E-state index is -1.36. The summed E-state index contributed by atoms with van der Waals surface area (Å²) in [6.07, 6.45) is 21.2. The molecule has 0 aromatic carbocycles. The molecule has 9 N–H and O–H groups in total. The first kappa shape index (κ1) is 47.2. The summed E-state index contributed by atoms with van der Waals surface area (Å²) < 4.78 is 2.32. The van der Waals surface area contributed by atoms with E-state index in [0.29, 0.717) is 42.5 Å². The Kier molecular flexibility index (Phi) is 12.0. The number of nitrogens with two attached hydrogens (primary N) is 2. The van der Waals surface area contributed by atoms with Crippen LogP contribution in [-0.4, -0.2) is 97.3 Å². The molecule has 11 rings (SSSR count). The van der Waals surface area contributed by atoms with Gasteiger partial charge in [0.25, 0.3) is 0 Å². The quantitative estimate of drug-likeness (QED) is 0.0675. The van der Waals surface area contributed by atoms with E-state index >= 15 is 4.79 Å². The summed E-state index contributed by atoms with van der Waals surface area (Å²) in [5.41, 5.74) is 17.0. The van der Waals surface area contributed by atoms with E-state index in [4.69, 9.17) is 16.5 Å². The number of aliphatic hydroxyl groups excluding tert-OH is 3. The number of aliphatic imine (C=N–C) groups is 1. The van der Waals surface area contributed by atoms with Gasteiger partial charge in [-0.05, 0) is 148 Å². The molecule has 6 saturated carbocycles. The number of rotatable bonds is 5. The van der Waals surface area contributed by atoms with E-state index in [1.807, 2.05) is 41.2 Å². The smallest absolute Gasteiger partial charge is 0.185 e. The molecule has 11 nitrogen and oxygen atoms in total. The first-order chi connectivity index (χ1) is 32.0. The van der Waals surface area contributed by atoms with Crippen LogP contribution in [0.5, 0.6) is 0 Å². The summed E-state index contributed by atoms with van der Waals surface area (Å²) in [7, 11) is 5.59. The number of hydrogen-bond acceptors (Lipinski definition) is 10. The second-order valence-electron chi connectivity index (χ2n) is 25.0. The molecule has 4 bridgehead atoms. The molecule has 7 fully saturated rings. The lowest BCUT2D eigenvalue weighted by atomic mass is 9.41. The van der Waals surface area contributed by atoms with Crippen molar-refractivity contribution in [3.8, 4) is 0 Å². The summed E-state index contributed by atoms with van der Waals surface area (Å²) >= 11 is 0. The molecule has 2 heterocycles. The maximum atomic E-state index is 15.1. The maximum absolute atomic E-state index is 15.1. The van der Waals surface area contributed by atoms with Crippen molar-refractivity contribution in [3.05, 3.63) is 52.7 Å². The van der Waals surface area contributed by atoms with Crippen LogP contribution in [0.4, 0.5) is 0 Å². The van der Waals surface area contributed by atoms with Gasteiger partial charge in [-0.3, -0.25) is 9.79 Å². The number of carbonyl (C=O) groups excluding carboxylic acids is 1. The van der Waals surface area contributed by atoms with Gasteiger partial charge >= 0.3 is 0 Å². The zero-order chi connectivity index (χ0) is 47.0. The topological polar surface area (TPSA) is 192 Å². The number of imidazole rings is 1. The molecular formula is C54H80N6O5S2. The van der Waals surface area contributed by atoms with Crippen molar-refractivity contribution in [2.45, 2.75) is 154 Å². The summed E-state index contributed by atoms with van der Waals surface area (Å²) in [5, 5.41) is 54.7. The van der Waals surface area contributed by atoms with Crippen LogP contribution in [0.25, 0.3) is 0 Å². The lowest BCUT2D eigenvalue weighted by molar-refractivity contribution is -0.183. The highest BCUT2D eigenvalue weighted by molar-refractivity contribution is 8.76.